The first-order chi connectivity index (χ1) is 12.2. The number of hydrogen-bond acceptors (Lipinski definition) is 4. The van der Waals surface area contributed by atoms with E-state index >= 15 is 0 Å². The van der Waals surface area contributed by atoms with Gasteiger partial charge in [0.2, 0.25) is 10.0 Å². The van der Waals surface area contributed by atoms with E-state index in [9.17, 15) is 17.6 Å². The van der Waals surface area contributed by atoms with Crippen LogP contribution in [0, 0.1) is 12.7 Å². The summed E-state index contributed by atoms with van der Waals surface area (Å²) in [7, 11) is -2.21. The molecule has 1 atom stereocenters. The minimum atomic E-state index is -3.70. The SMILES string of the molecule is COC[C@H](C)NS(=O)(=O)c1ccc(C(=O)Nc2ccc(F)cc2C)cc1. The van der Waals surface area contributed by atoms with E-state index in [2.05, 4.69) is 10.0 Å². The normalized spacial score (nSPS) is 12.6. The van der Waals surface area contributed by atoms with Crippen LogP contribution in [0.15, 0.2) is 47.4 Å². The van der Waals surface area contributed by atoms with Crippen LogP contribution in [0.5, 0.6) is 0 Å². The Morgan fingerprint density at radius 3 is 2.42 bits per heavy atom. The predicted molar refractivity (Wildman–Crippen MR) is 97.2 cm³/mol. The second kappa shape index (κ2) is 8.39. The highest BCUT2D eigenvalue weighted by Crippen LogP contribution is 2.18. The monoisotopic (exact) mass is 380 g/mol. The topological polar surface area (TPSA) is 84.5 Å². The van der Waals surface area contributed by atoms with Crippen molar-refractivity contribution in [2.45, 2.75) is 24.8 Å². The molecule has 0 aromatic heterocycles. The Bertz CT molecular complexity index is 883. The lowest BCUT2D eigenvalue weighted by molar-refractivity contribution is 0.102. The van der Waals surface area contributed by atoms with Crippen molar-refractivity contribution in [3.63, 3.8) is 0 Å². The number of carbonyl (C=O) groups excluding carboxylic acids is 1. The number of benzene rings is 2. The second-order valence-electron chi connectivity index (χ2n) is 5.92. The molecule has 0 radical (unpaired) electrons. The summed E-state index contributed by atoms with van der Waals surface area (Å²) in [4.78, 5) is 12.3. The largest absolute Gasteiger partial charge is 0.383 e. The first kappa shape index (κ1) is 20.0. The summed E-state index contributed by atoms with van der Waals surface area (Å²) < 4.78 is 45.0. The maximum absolute atomic E-state index is 13.1. The molecule has 0 bridgehead atoms. The summed E-state index contributed by atoms with van der Waals surface area (Å²) in [6.07, 6.45) is 0. The first-order valence-electron chi connectivity index (χ1n) is 7.92. The molecule has 6 nitrogen and oxygen atoms in total. The molecule has 0 unspecified atom stereocenters. The number of sulfonamides is 1. The summed E-state index contributed by atoms with van der Waals surface area (Å²) in [5.41, 5.74) is 1.37. The molecule has 0 aliphatic rings. The van der Waals surface area contributed by atoms with Crippen LogP contribution in [-0.2, 0) is 14.8 Å². The molecule has 8 heteroatoms. The zero-order chi connectivity index (χ0) is 19.3. The molecule has 0 spiro atoms. The highest BCUT2D eigenvalue weighted by atomic mass is 32.2. The predicted octanol–water partition coefficient (Wildman–Crippen LogP) is 2.70. The van der Waals surface area contributed by atoms with Gasteiger partial charge in [-0.25, -0.2) is 17.5 Å². The smallest absolute Gasteiger partial charge is 0.255 e. The molecular weight excluding hydrogens is 359 g/mol. The minimum Gasteiger partial charge on any atom is -0.383 e. The zero-order valence-corrected chi connectivity index (χ0v) is 15.6. The number of hydrogen-bond donors (Lipinski definition) is 2. The highest BCUT2D eigenvalue weighted by molar-refractivity contribution is 7.89. The summed E-state index contributed by atoms with van der Waals surface area (Å²) in [5, 5.41) is 2.67. The summed E-state index contributed by atoms with van der Waals surface area (Å²) in [6.45, 7) is 3.62. The fraction of sp³-hybridized carbons (Fsp3) is 0.278. The van der Waals surface area contributed by atoms with E-state index in [-0.39, 0.29) is 28.9 Å². The fourth-order valence-corrected chi connectivity index (χ4v) is 3.59. The molecule has 0 saturated heterocycles. The molecule has 1 amide bonds. The lowest BCUT2D eigenvalue weighted by Crippen LogP contribution is -2.35. The van der Waals surface area contributed by atoms with Crippen LogP contribution < -0.4 is 10.0 Å². The first-order valence-corrected chi connectivity index (χ1v) is 9.40. The molecule has 140 valence electrons. The van der Waals surface area contributed by atoms with Gasteiger partial charge in [0.25, 0.3) is 5.91 Å². The Morgan fingerprint density at radius 1 is 1.19 bits per heavy atom. The van der Waals surface area contributed by atoms with Crippen molar-refractivity contribution in [3.8, 4) is 0 Å². The number of anilines is 1. The minimum absolute atomic E-state index is 0.0509. The Kier molecular flexibility index (Phi) is 6.47. The van der Waals surface area contributed by atoms with Crippen LogP contribution in [-0.4, -0.2) is 34.1 Å². The number of rotatable bonds is 7. The Labute approximate surface area is 152 Å². The van der Waals surface area contributed by atoms with Crippen molar-refractivity contribution in [3.05, 3.63) is 59.4 Å². The molecular formula is C18H21FN2O4S. The van der Waals surface area contributed by atoms with Crippen molar-refractivity contribution in [2.24, 2.45) is 0 Å². The highest BCUT2D eigenvalue weighted by Gasteiger charge is 2.18. The second-order valence-corrected chi connectivity index (χ2v) is 7.63. The van der Waals surface area contributed by atoms with Crippen molar-refractivity contribution in [1.29, 1.82) is 0 Å². The summed E-state index contributed by atoms with van der Waals surface area (Å²) in [6, 6.07) is 9.22. The quantitative estimate of drug-likeness (QED) is 0.774. The van der Waals surface area contributed by atoms with Gasteiger partial charge in [-0.15, -0.1) is 0 Å². The number of methoxy groups -OCH3 is 1. The number of amides is 1. The van der Waals surface area contributed by atoms with Crippen molar-refractivity contribution in [1.82, 2.24) is 4.72 Å². The van der Waals surface area contributed by atoms with Gasteiger partial charge in [-0.3, -0.25) is 4.79 Å². The summed E-state index contributed by atoms with van der Waals surface area (Å²) >= 11 is 0. The average molecular weight is 380 g/mol. The molecule has 2 aromatic rings. The van der Waals surface area contributed by atoms with Crippen LogP contribution in [0.25, 0.3) is 0 Å². The Morgan fingerprint density at radius 2 is 1.85 bits per heavy atom. The molecule has 2 N–H and O–H groups in total. The van der Waals surface area contributed by atoms with Gasteiger partial charge >= 0.3 is 0 Å². The van der Waals surface area contributed by atoms with Crippen molar-refractivity contribution in [2.75, 3.05) is 19.0 Å². The van der Waals surface area contributed by atoms with Gasteiger partial charge in [-0.05, 0) is 61.9 Å². The number of carbonyl (C=O) groups is 1. The van der Waals surface area contributed by atoms with Gasteiger partial charge in [0, 0.05) is 24.4 Å². The third kappa shape index (κ3) is 5.10. The van der Waals surface area contributed by atoms with E-state index in [1.807, 2.05) is 0 Å². The zero-order valence-electron chi connectivity index (χ0n) is 14.7. The van der Waals surface area contributed by atoms with Crippen LogP contribution in [0.2, 0.25) is 0 Å². The molecule has 26 heavy (non-hydrogen) atoms. The van der Waals surface area contributed by atoms with E-state index in [1.54, 1.807) is 13.8 Å². The lowest BCUT2D eigenvalue weighted by atomic mass is 10.1. The van der Waals surface area contributed by atoms with Gasteiger partial charge < -0.3 is 10.1 Å². The summed E-state index contributed by atoms with van der Waals surface area (Å²) in [5.74, 6) is -0.797. The van der Waals surface area contributed by atoms with Crippen molar-refractivity contribution < 1.29 is 22.3 Å². The number of ether oxygens (including phenoxy) is 1. The number of nitrogens with one attached hydrogen (secondary N) is 2. The van der Waals surface area contributed by atoms with Gasteiger partial charge in [-0.2, -0.15) is 0 Å². The third-order valence-corrected chi connectivity index (χ3v) is 5.24. The van der Waals surface area contributed by atoms with Gasteiger partial charge in [0.15, 0.2) is 0 Å². The van der Waals surface area contributed by atoms with Crippen LogP contribution in [0.4, 0.5) is 10.1 Å². The van der Waals surface area contributed by atoms with Crippen molar-refractivity contribution >= 4 is 21.6 Å². The standard InChI is InChI=1S/C18H21FN2O4S/c1-12-10-15(19)6-9-17(12)20-18(22)14-4-7-16(8-5-14)26(23,24)21-13(2)11-25-3/h4-10,13,21H,11H2,1-3H3,(H,20,22)/t13-/m0/s1. The van der Waals surface area contributed by atoms with E-state index in [0.717, 1.165) is 0 Å². The van der Waals surface area contributed by atoms with E-state index in [0.29, 0.717) is 11.3 Å². The van der Waals surface area contributed by atoms with E-state index < -0.39 is 15.9 Å². The lowest BCUT2D eigenvalue weighted by Gasteiger charge is -2.13. The molecule has 2 aromatic carbocycles. The molecule has 0 heterocycles. The fourth-order valence-electron chi connectivity index (χ4n) is 2.36. The molecule has 0 aliphatic heterocycles. The van der Waals surface area contributed by atoms with E-state index in [4.69, 9.17) is 4.74 Å². The van der Waals surface area contributed by atoms with Crippen LogP contribution >= 0.6 is 0 Å². The van der Waals surface area contributed by atoms with Gasteiger partial charge in [0.1, 0.15) is 5.82 Å². The maximum Gasteiger partial charge on any atom is 0.255 e. The van der Waals surface area contributed by atoms with E-state index in [1.165, 1.54) is 49.6 Å². The van der Waals surface area contributed by atoms with Gasteiger partial charge in [-0.1, -0.05) is 0 Å². The number of halogens is 1. The average Bonchev–Trinajstić information content (AvgIpc) is 2.57. The van der Waals surface area contributed by atoms with Crippen LogP contribution in [0.1, 0.15) is 22.8 Å². The van der Waals surface area contributed by atoms with Gasteiger partial charge in [0.05, 0.1) is 11.5 Å². The Hall–Kier alpha value is -2.29. The van der Waals surface area contributed by atoms with Crippen LogP contribution in [0.3, 0.4) is 0 Å². The Balaban J connectivity index is 2.12. The molecule has 0 aliphatic carbocycles. The third-order valence-electron chi connectivity index (χ3n) is 3.64. The molecule has 0 saturated carbocycles. The molecule has 0 fully saturated rings. The maximum atomic E-state index is 13.1. The molecule has 2 rings (SSSR count). The number of aryl methyl sites for hydroxylation is 1.